The van der Waals surface area contributed by atoms with Gasteiger partial charge in [0.2, 0.25) is 0 Å². The number of carbonyl (C=O) groups is 3. The number of hydrogen-bond acceptors (Lipinski definition) is 5. The minimum Gasteiger partial charge on any atom is -0.455 e. The Morgan fingerprint density at radius 2 is 1.92 bits per heavy atom. The summed E-state index contributed by atoms with van der Waals surface area (Å²) in [7, 11) is 0. The molecule has 6 nitrogen and oxygen atoms in total. The lowest BCUT2D eigenvalue weighted by Crippen LogP contribution is -2.42. The fraction of sp³-hybridized carbons (Fsp3) is 0.278. The second kappa shape index (κ2) is 9.58. The van der Waals surface area contributed by atoms with Gasteiger partial charge in [-0.3, -0.25) is 14.9 Å². The van der Waals surface area contributed by atoms with Crippen molar-refractivity contribution >= 4 is 29.2 Å². The average molecular weight is 360 g/mol. The summed E-state index contributed by atoms with van der Waals surface area (Å²) in [5.41, 5.74) is 1.83. The van der Waals surface area contributed by atoms with Crippen LogP contribution in [0.15, 0.2) is 41.8 Å². The number of amides is 3. The Bertz CT molecular complexity index is 728. The van der Waals surface area contributed by atoms with Gasteiger partial charge in [0, 0.05) is 11.4 Å². The zero-order chi connectivity index (χ0) is 18.1. The zero-order valence-electron chi connectivity index (χ0n) is 13.9. The first-order valence-corrected chi connectivity index (χ1v) is 8.73. The second-order valence-corrected chi connectivity index (χ2v) is 6.43. The first-order chi connectivity index (χ1) is 12.0. The van der Waals surface area contributed by atoms with Gasteiger partial charge in [0.1, 0.15) is 0 Å². The van der Waals surface area contributed by atoms with Crippen molar-refractivity contribution in [2.75, 3.05) is 13.2 Å². The molecule has 25 heavy (non-hydrogen) atoms. The fourth-order valence-electron chi connectivity index (χ4n) is 2.12. The van der Waals surface area contributed by atoms with Crippen LogP contribution in [-0.2, 0) is 27.2 Å². The van der Waals surface area contributed by atoms with Crippen molar-refractivity contribution in [3.63, 3.8) is 0 Å². The van der Waals surface area contributed by atoms with Crippen LogP contribution in [0.3, 0.4) is 0 Å². The van der Waals surface area contributed by atoms with E-state index in [9.17, 15) is 14.4 Å². The number of esters is 1. The van der Waals surface area contributed by atoms with Gasteiger partial charge in [-0.05, 0) is 35.9 Å². The largest absolute Gasteiger partial charge is 0.455 e. The van der Waals surface area contributed by atoms with Gasteiger partial charge in [0.05, 0.1) is 6.42 Å². The molecular formula is C18H20N2O4S. The average Bonchev–Trinajstić information content (AvgIpc) is 3.08. The van der Waals surface area contributed by atoms with E-state index < -0.39 is 24.5 Å². The maximum absolute atomic E-state index is 11.8. The van der Waals surface area contributed by atoms with Gasteiger partial charge in [-0.1, -0.05) is 30.3 Å². The molecule has 3 amide bonds. The summed E-state index contributed by atoms with van der Waals surface area (Å²) in [6, 6.07) is 10.8. The monoisotopic (exact) mass is 360 g/mol. The topological polar surface area (TPSA) is 84.5 Å². The Balaban J connectivity index is 1.63. The molecule has 0 bridgehead atoms. The maximum Gasteiger partial charge on any atom is 0.321 e. The lowest BCUT2D eigenvalue weighted by atomic mass is 10.1. The predicted octanol–water partition coefficient (Wildman–Crippen LogP) is 2.21. The highest BCUT2D eigenvalue weighted by molar-refractivity contribution is 7.09. The molecule has 132 valence electrons. The Hall–Kier alpha value is -2.67. The summed E-state index contributed by atoms with van der Waals surface area (Å²) in [5, 5.41) is 6.67. The molecule has 2 rings (SSSR count). The standard InChI is InChI=1S/C18H20N2O4S/c1-13-5-2-3-6-14(13)11-17(22)24-12-16(21)20-18(23)19-9-8-15-7-4-10-25-15/h2-7,10H,8-9,11-12H2,1H3,(H2,19,20,21,23). The second-order valence-electron chi connectivity index (χ2n) is 5.40. The smallest absolute Gasteiger partial charge is 0.321 e. The Morgan fingerprint density at radius 1 is 1.12 bits per heavy atom. The van der Waals surface area contributed by atoms with Gasteiger partial charge < -0.3 is 10.1 Å². The SMILES string of the molecule is Cc1ccccc1CC(=O)OCC(=O)NC(=O)NCCc1cccs1. The van der Waals surface area contributed by atoms with Gasteiger partial charge in [0.15, 0.2) is 6.61 Å². The molecule has 2 aromatic rings. The first-order valence-electron chi connectivity index (χ1n) is 7.85. The summed E-state index contributed by atoms with van der Waals surface area (Å²) in [6.45, 7) is 1.84. The quantitative estimate of drug-likeness (QED) is 0.742. The molecule has 0 unspecified atom stereocenters. The number of urea groups is 1. The molecule has 0 aliphatic carbocycles. The van der Waals surface area contributed by atoms with Crippen LogP contribution in [0.1, 0.15) is 16.0 Å². The molecule has 0 saturated carbocycles. The Kier molecular flexibility index (Phi) is 7.16. The van der Waals surface area contributed by atoms with Crippen LogP contribution >= 0.6 is 11.3 Å². The number of nitrogens with one attached hydrogen (secondary N) is 2. The molecule has 0 fully saturated rings. The highest BCUT2D eigenvalue weighted by Gasteiger charge is 2.12. The van der Waals surface area contributed by atoms with E-state index in [2.05, 4.69) is 10.6 Å². The van der Waals surface area contributed by atoms with Crippen LogP contribution in [0.4, 0.5) is 4.79 Å². The van der Waals surface area contributed by atoms with Crippen LogP contribution in [-0.4, -0.2) is 31.1 Å². The van der Waals surface area contributed by atoms with Crippen LogP contribution in [0, 0.1) is 6.92 Å². The van der Waals surface area contributed by atoms with Crippen molar-refractivity contribution < 1.29 is 19.1 Å². The van der Waals surface area contributed by atoms with E-state index in [1.807, 2.05) is 48.7 Å². The van der Waals surface area contributed by atoms with Crippen LogP contribution in [0.2, 0.25) is 0 Å². The van der Waals surface area contributed by atoms with Crippen molar-refractivity contribution in [2.24, 2.45) is 0 Å². The molecule has 0 saturated heterocycles. The molecule has 1 aromatic carbocycles. The van der Waals surface area contributed by atoms with E-state index in [0.717, 1.165) is 16.0 Å². The Labute approximate surface area is 150 Å². The number of carbonyl (C=O) groups excluding carboxylic acids is 3. The normalized spacial score (nSPS) is 10.1. The number of thiophene rings is 1. The molecule has 1 heterocycles. The zero-order valence-corrected chi connectivity index (χ0v) is 14.7. The minimum absolute atomic E-state index is 0.0902. The molecule has 0 radical (unpaired) electrons. The van der Waals surface area contributed by atoms with Crippen LogP contribution < -0.4 is 10.6 Å². The summed E-state index contributed by atoms with van der Waals surface area (Å²) < 4.78 is 4.90. The summed E-state index contributed by atoms with van der Waals surface area (Å²) in [5.74, 6) is -1.17. The number of aryl methyl sites for hydroxylation is 1. The molecule has 2 N–H and O–H groups in total. The van der Waals surface area contributed by atoms with Crippen LogP contribution in [0.5, 0.6) is 0 Å². The van der Waals surface area contributed by atoms with Crippen LogP contribution in [0.25, 0.3) is 0 Å². The van der Waals surface area contributed by atoms with Crippen molar-refractivity contribution in [1.29, 1.82) is 0 Å². The number of hydrogen-bond donors (Lipinski definition) is 2. The molecule has 1 aromatic heterocycles. The van der Waals surface area contributed by atoms with Crippen molar-refractivity contribution in [3.8, 4) is 0 Å². The van der Waals surface area contributed by atoms with Crippen molar-refractivity contribution in [3.05, 3.63) is 57.8 Å². The van der Waals surface area contributed by atoms with Gasteiger partial charge in [-0.25, -0.2) is 4.79 Å². The summed E-state index contributed by atoms with van der Waals surface area (Å²) in [6.07, 6.45) is 0.789. The molecular weight excluding hydrogens is 340 g/mol. The lowest BCUT2D eigenvalue weighted by Gasteiger charge is -2.08. The third-order valence-electron chi connectivity index (χ3n) is 3.45. The number of benzene rings is 1. The minimum atomic E-state index is -0.660. The highest BCUT2D eigenvalue weighted by atomic mass is 32.1. The van der Waals surface area contributed by atoms with Gasteiger partial charge >= 0.3 is 12.0 Å². The number of imide groups is 1. The van der Waals surface area contributed by atoms with E-state index in [-0.39, 0.29) is 6.42 Å². The number of rotatable bonds is 7. The third-order valence-corrected chi connectivity index (χ3v) is 4.39. The maximum atomic E-state index is 11.8. The molecule has 0 spiro atoms. The molecule has 7 heteroatoms. The van der Waals surface area contributed by atoms with E-state index >= 15 is 0 Å². The molecule has 0 atom stereocenters. The van der Waals surface area contributed by atoms with E-state index in [0.29, 0.717) is 13.0 Å². The highest BCUT2D eigenvalue weighted by Crippen LogP contribution is 2.08. The van der Waals surface area contributed by atoms with E-state index in [4.69, 9.17) is 4.74 Å². The Morgan fingerprint density at radius 3 is 2.64 bits per heavy atom. The van der Waals surface area contributed by atoms with E-state index in [1.165, 1.54) is 0 Å². The first kappa shape index (κ1) is 18.7. The predicted molar refractivity (Wildman–Crippen MR) is 95.4 cm³/mol. The third kappa shape index (κ3) is 6.76. The van der Waals surface area contributed by atoms with Gasteiger partial charge in [0.25, 0.3) is 5.91 Å². The molecule has 0 aliphatic rings. The number of ether oxygens (including phenoxy) is 1. The fourth-order valence-corrected chi connectivity index (χ4v) is 2.83. The lowest BCUT2D eigenvalue weighted by molar-refractivity contribution is -0.147. The molecule has 0 aliphatic heterocycles. The van der Waals surface area contributed by atoms with Gasteiger partial charge in [-0.15, -0.1) is 11.3 Å². The van der Waals surface area contributed by atoms with E-state index in [1.54, 1.807) is 11.3 Å². The van der Waals surface area contributed by atoms with Crippen molar-refractivity contribution in [2.45, 2.75) is 19.8 Å². The summed E-state index contributed by atoms with van der Waals surface area (Å²) >= 11 is 1.61. The van der Waals surface area contributed by atoms with Crippen molar-refractivity contribution in [1.82, 2.24) is 10.6 Å². The van der Waals surface area contributed by atoms with Gasteiger partial charge in [-0.2, -0.15) is 0 Å². The summed E-state index contributed by atoms with van der Waals surface area (Å²) in [4.78, 5) is 36.1.